The number of allylic oxidation sites excluding steroid dienone is 4. The predicted molar refractivity (Wildman–Crippen MR) is 101 cm³/mol. The zero-order valence-electron chi connectivity index (χ0n) is 14.6. The fourth-order valence-electron chi connectivity index (χ4n) is 4.58. The molecule has 0 spiro atoms. The number of carbonyl (C=O) groups excluding carboxylic acids is 2. The molecule has 1 unspecified atom stereocenters. The van der Waals surface area contributed by atoms with Crippen LogP contribution in [-0.4, -0.2) is 11.6 Å². The SMILES string of the molecule is Cc1ccccc1C1C2=C(CCCC2=O)NC2=C1c1ccccc1C2=O. The van der Waals surface area contributed by atoms with Gasteiger partial charge in [-0.1, -0.05) is 48.5 Å². The van der Waals surface area contributed by atoms with Gasteiger partial charge in [-0.05, 0) is 42.0 Å². The summed E-state index contributed by atoms with van der Waals surface area (Å²) in [5, 5.41) is 3.35. The zero-order valence-corrected chi connectivity index (χ0v) is 14.6. The van der Waals surface area contributed by atoms with Crippen LogP contribution in [0.15, 0.2) is 65.5 Å². The van der Waals surface area contributed by atoms with E-state index in [0.717, 1.165) is 51.9 Å². The molecule has 2 aromatic carbocycles. The fraction of sp³-hybridized carbons (Fsp3) is 0.217. The van der Waals surface area contributed by atoms with E-state index in [2.05, 4.69) is 24.4 Å². The van der Waals surface area contributed by atoms with Crippen LogP contribution in [0.5, 0.6) is 0 Å². The van der Waals surface area contributed by atoms with Gasteiger partial charge < -0.3 is 5.32 Å². The molecule has 3 aliphatic rings. The molecule has 0 radical (unpaired) electrons. The average Bonchev–Trinajstić information content (AvgIpc) is 2.94. The summed E-state index contributed by atoms with van der Waals surface area (Å²) in [7, 11) is 0. The molecule has 3 nitrogen and oxygen atoms in total. The van der Waals surface area contributed by atoms with Crippen molar-refractivity contribution in [1.82, 2.24) is 5.32 Å². The smallest absolute Gasteiger partial charge is 0.210 e. The minimum atomic E-state index is -0.164. The third-order valence-corrected chi connectivity index (χ3v) is 5.77. The van der Waals surface area contributed by atoms with Crippen LogP contribution in [-0.2, 0) is 4.79 Å². The van der Waals surface area contributed by atoms with E-state index in [4.69, 9.17) is 0 Å². The molecule has 0 saturated heterocycles. The first-order valence-corrected chi connectivity index (χ1v) is 9.14. The second-order valence-corrected chi connectivity index (χ2v) is 7.25. The maximum Gasteiger partial charge on any atom is 0.210 e. The number of hydrogen-bond donors (Lipinski definition) is 1. The lowest BCUT2D eigenvalue weighted by Gasteiger charge is -2.34. The molecule has 2 aliphatic carbocycles. The van der Waals surface area contributed by atoms with Crippen molar-refractivity contribution in [2.24, 2.45) is 0 Å². The van der Waals surface area contributed by atoms with Crippen LogP contribution >= 0.6 is 0 Å². The van der Waals surface area contributed by atoms with Crippen molar-refractivity contribution in [2.45, 2.75) is 32.1 Å². The van der Waals surface area contributed by atoms with Gasteiger partial charge in [0.1, 0.15) is 0 Å². The molecule has 0 aromatic heterocycles. The van der Waals surface area contributed by atoms with Crippen LogP contribution in [0.3, 0.4) is 0 Å². The minimum absolute atomic E-state index is 0.0405. The van der Waals surface area contributed by atoms with E-state index < -0.39 is 0 Å². The second kappa shape index (κ2) is 5.53. The summed E-state index contributed by atoms with van der Waals surface area (Å²) in [6.45, 7) is 2.08. The minimum Gasteiger partial charge on any atom is -0.355 e. The highest BCUT2D eigenvalue weighted by atomic mass is 16.1. The Hall–Kier alpha value is -2.94. The number of rotatable bonds is 1. The fourth-order valence-corrected chi connectivity index (χ4v) is 4.58. The molecule has 128 valence electrons. The molecule has 1 aliphatic heterocycles. The highest BCUT2D eigenvalue weighted by Gasteiger charge is 2.43. The molecule has 1 heterocycles. The van der Waals surface area contributed by atoms with Gasteiger partial charge in [-0.15, -0.1) is 0 Å². The number of dihydropyridines is 1. The van der Waals surface area contributed by atoms with Gasteiger partial charge in [0.05, 0.1) is 5.70 Å². The summed E-state index contributed by atoms with van der Waals surface area (Å²) in [6, 6.07) is 15.9. The topological polar surface area (TPSA) is 46.2 Å². The number of hydrogen-bond acceptors (Lipinski definition) is 3. The Kier molecular flexibility index (Phi) is 3.26. The zero-order chi connectivity index (χ0) is 17.8. The lowest BCUT2D eigenvalue weighted by molar-refractivity contribution is -0.116. The summed E-state index contributed by atoms with van der Waals surface area (Å²) in [5.41, 5.74) is 7.38. The molecule has 26 heavy (non-hydrogen) atoms. The van der Waals surface area contributed by atoms with Gasteiger partial charge >= 0.3 is 0 Å². The molecule has 0 fully saturated rings. The Morgan fingerprint density at radius 1 is 0.885 bits per heavy atom. The van der Waals surface area contributed by atoms with Crippen molar-refractivity contribution < 1.29 is 9.59 Å². The van der Waals surface area contributed by atoms with E-state index in [1.165, 1.54) is 0 Å². The molecule has 1 N–H and O–H groups in total. The van der Waals surface area contributed by atoms with Gasteiger partial charge in [-0.25, -0.2) is 0 Å². The van der Waals surface area contributed by atoms with Crippen LogP contribution < -0.4 is 5.32 Å². The monoisotopic (exact) mass is 341 g/mol. The summed E-state index contributed by atoms with van der Waals surface area (Å²) >= 11 is 0. The lowest BCUT2D eigenvalue weighted by atomic mass is 9.73. The van der Waals surface area contributed by atoms with Gasteiger partial charge in [0.2, 0.25) is 5.78 Å². The maximum absolute atomic E-state index is 13.0. The standard InChI is InChI=1S/C23H19NO2/c1-13-7-2-3-8-14(13)19-20-15-9-4-5-10-16(15)23(26)22(20)24-17-11-6-12-18(25)21(17)19/h2-5,7-10,19,24H,6,11-12H2,1H3. The van der Waals surface area contributed by atoms with Crippen LogP contribution in [0.4, 0.5) is 0 Å². The molecule has 0 amide bonds. The summed E-state index contributed by atoms with van der Waals surface area (Å²) in [4.78, 5) is 25.9. The Bertz CT molecular complexity index is 1040. The van der Waals surface area contributed by atoms with E-state index in [9.17, 15) is 9.59 Å². The van der Waals surface area contributed by atoms with E-state index in [1.807, 2.05) is 36.4 Å². The second-order valence-electron chi connectivity index (χ2n) is 7.25. The van der Waals surface area contributed by atoms with Gasteiger partial charge in [0.25, 0.3) is 0 Å². The number of fused-ring (bicyclic) bond motifs is 2. The number of aryl methyl sites for hydroxylation is 1. The maximum atomic E-state index is 13.0. The Labute approximate surface area is 152 Å². The van der Waals surface area contributed by atoms with Crippen molar-refractivity contribution in [3.63, 3.8) is 0 Å². The molecule has 0 saturated carbocycles. The Morgan fingerprint density at radius 3 is 2.42 bits per heavy atom. The van der Waals surface area contributed by atoms with Crippen LogP contribution in [0.1, 0.15) is 52.2 Å². The molecular weight excluding hydrogens is 322 g/mol. The number of carbonyl (C=O) groups is 2. The number of nitrogens with one attached hydrogen (secondary N) is 1. The highest BCUT2D eigenvalue weighted by molar-refractivity contribution is 6.23. The van der Waals surface area contributed by atoms with E-state index >= 15 is 0 Å². The average molecular weight is 341 g/mol. The molecule has 1 atom stereocenters. The number of Topliss-reactive ketones (excluding diaryl/α,β-unsaturated/α-hetero) is 2. The van der Waals surface area contributed by atoms with Crippen molar-refractivity contribution in [2.75, 3.05) is 0 Å². The summed E-state index contributed by atoms with van der Waals surface area (Å²) in [5.74, 6) is 0.0805. The molecule has 2 aromatic rings. The molecule has 3 heteroatoms. The van der Waals surface area contributed by atoms with Crippen molar-refractivity contribution in [3.05, 3.63) is 87.8 Å². The van der Waals surface area contributed by atoms with E-state index in [-0.39, 0.29) is 17.5 Å². The van der Waals surface area contributed by atoms with Crippen molar-refractivity contribution in [3.8, 4) is 0 Å². The molecule has 0 bridgehead atoms. The van der Waals surface area contributed by atoms with E-state index in [1.54, 1.807) is 0 Å². The summed E-state index contributed by atoms with van der Waals surface area (Å²) < 4.78 is 0. The van der Waals surface area contributed by atoms with Gasteiger partial charge in [0, 0.05) is 29.2 Å². The van der Waals surface area contributed by atoms with Gasteiger partial charge in [0.15, 0.2) is 5.78 Å². The first-order valence-electron chi connectivity index (χ1n) is 9.14. The summed E-state index contributed by atoms with van der Waals surface area (Å²) in [6.07, 6.45) is 2.25. The van der Waals surface area contributed by atoms with E-state index in [0.29, 0.717) is 12.1 Å². The van der Waals surface area contributed by atoms with Crippen LogP contribution in [0.2, 0.25) is 0 Å². The first-order chi connectivity index (χ1) is 12.7. The Balaban J connectivity index is 1.81. The van der Waals surface area contributed by atoms with Crippen molar-refractivity contribution in [1.29, 1.82) is 0 Å². The number of ketones is 2. The van der Waals surface area contributed by atoms with Crippen LogP contribution in [0, 0.1) is 6.92 Å². The lowest BCUT2D eigenvalue weighted by Crippen LogP contribution is -2.32. The molecular formula is C23H19NO2. The highest BCUT2D eigenvalue weighted by Crippen LogP contribution is 2.50. The third-order valence-electron chi connectivity index (χ3n) is 5.77. The Morgan fingerprint density at radius 2 is 1.62 bits per heavy atom. The van der Waals surface area contributed by atoms with Gasteiger partial charge in [-0.2, -0.15) is 0 Å². The normalized spacial score (nSPS) is 21.3. The predicted octanol–water partition coefficient (Wildman–Crippen LogP) is 4.30. The quantitative estimate of drug-likeness (QED) is 0.841. The van der Waals surface area contributed by atoms with Crippen LogP contribution in [0.25, 0.3) is 5.57 Å². The van der Waals surface area contributed by atoms with Gasteiger partial charge in [-0.3, -0.25) is 9.59 Å². The third kappa shape index (κ3) is 2.00. The largest absolute Gasteiger partial charge is 0.355 e. The molecule has 5 rings (SSSR count). The van der Waals surface area contributed by atoms with Crippen molar-refractivity contribution >= 4 is 17.1 Å². The first kappa shape index (κ1) is 15.3. The number of benzene rings is 2.